The van der Waals surface area contributed by atoms with Crippen LogP contribution >= 0.6 is 0 Å². The molecule has 0 amide bonds. The summed E-state index contributed by atoms with van der Waals surface area (Å²) in [6, 6.07) is 7.24. The molecule has 0 bridgehead atoms. The smallest absolute Gasteiger partial charge is 0.433 e. The highest BCUT2D eigenvalue weighted by molar-refractivity contribution is 5.88. The Bertz CT molecular complexity index is 1290. The molecule has 0 radical (unpaired) electrons. The van der Waals surface area contributed by atoms with Gasteiger partial charge in [-0.25, -0.2) is 14.3 Å². The maximum Gasteiger partial charge on any atom is 0.433 e. The number of halogens is 3. The van der Waals surface area contributed by atoms with Crippen molar-refractivity contribution in [1.29, 1.82) is 0 Å². The molecule has 0 spiro atoms. The van der Waals surface area contributed by atoms with Crippen LogP contribution in [-0.4, -0.2) is 65.4 Å². The standard InChI is InChI=1S/C26H29F3N4O4/c1-35-21-9-8-16(12-22(21)36-2)18-13-23(26(27,28)29)33-24(30-18)14-19(31-33)25(34)37-15-17-6-5-11-32-10-4-3-7-20(17)32/h8-9,12-14,17,20H,3-7,10-11,15H2,1-2H3/t17-,20+/m0/s1. The summed E-state index contributed by atoms with van der Waals surface area (Å²) >= 11 is 0. The quantitative estimate of drug-likeness (QED) is 0.432. The molecule has 3 aromatic rings. The van der Waals surface area contributed by atoms with Gasteiger partial charge in [0.05, 0.1) is 26.5 Å². The number of alkyl halides is 3. The Labute approximate surface area is 212 Å². The van der Waals surface area contributed by atoms with Crippen molar-refractivity contribution in [3.05, 3.63) is 41.7 Å². The lowest BCUT2D eigenvalue weighted by molar-refractivity contribution is -0.142. The third-order valence-electron chi connectivity index (χ3n) is 7.26. The Hall–Kier alpha value is -3.34. The molecular formula is C26H29F3N4O4. The van der Waals surface area contributed by atoms with Crippen LogP contribution in [0.2, 0.25) is 0 Å². The average molecular weight is 519 g/mol. The fourth-order valence-corrected chi connectivity index (χ4v) is 5.45. The van der Waals surface area contributed by atoms with Gasteiger partial charge < -0.3 is 14.2 Å². The molecule has 198 valence electrons. The Morgan fingerprint density at radius 3 is 2.57 bits per heavy atom. The highest BCUT2D eigenvalue weighted by Gasteiger charge is 2.37. The average Bonchev–Trinajstić information content (AvgIpc) is 3.34. The van der Waals surface area contributed by atoms with Crippen LogP contribution in [0.25, 0.3) is 16.9 Å². The van der Waals surface area contributed by atoms with Gasteiger partial charge in [0, 0.05) is 23.6 Å². The Morgan fingerprint density at radius 2 is 1.81 bits per heavy atom. The third-order valence-corrected chi connectivity index (χ3v) is 7.26. The van der Waals surface area contributed by atoms with E-state index in [4.69, 9.17) is 14.2 Å². The van der Waals surface area contributed by atoms with E-state index in [0.29, 0.717) is 27.6 Å². The predicted molar refractivity (Wildman–Crippen MR) is 129 cm³/mol. The molecule has 2 fully saturated rings. The number of carbonyl (C=O) groups is 1. The van der Waals surface area contributed by atoms with Gasteiger partial charge in [-0.05, 0) is 63.0 Å². The summed E-state index contributed by atoms with van der Waals surface area (Å²) in [6.07, 6.45) is 0.704. The molecular weight excluding hydrogens is 489 g/mol. The third kappa shape index (κ3) is 5.09. The molecule has 2 aliphatic heterocycles. The zero-order valence-electron chi connectivity index (χ0n) is 20.8. The van der Waals surface area contributed by atoms with Crippen LogP contribution in [0.5, 0.6) is 11.5 Å². The summed E-state index contributed by atoms with van der Waals surface area (Å²) in [5.41, 5.74) is -0.918. The van der Waals surface area contributed by atoms with E-state index < -0.39 is 17.8 Å². The number of rotatable bonds is 6. The Kier molecular flexibility index (Phi) is 6.98. The van der Waals surface area contributed by atoms with Crippen molar-refractivity contribution in [2.45, 2.75) is 44.3 Å². The number of carbonyl (C=O) groups excluding carboxylic acids is 1. The second-order valence-corrected chi connectivity index (χ2v) is 9.49. The molecule has 1 aromatic carbocycles. The Morgan fingerprint density at radius 1 is 1.03 bits per heavy atom. The number of esters is 1. The summed E-state index contributed by atoms with van der Waals surface area (Å²) < 4.78 is 58.6. The van der Waals surface area contributed by atoms with Gasteiger partial charge in [-0.1, -0.05) is 6.42 Å². The van der Waals surface area contributed by atoms with Crippen molar-refractivity contribution in [2.24, 2.45) is 5.92 Å². The van der Waals surface area contributed by atoms with Crippen molar-refractivity contribution >= 4 is 11.6 Å². The lowest BCUT2D eigenvalue weighted by atomic mass is 9.84. The van der Waals surface area contributed by atoms with E-state index in [1.165, 1.54) is 26.7 Å². The normalized spacial score (nSPS) is 20.5. The zero-order chi connectivity index (χ0) is 26.2. The van der Waals surface area contributed by atoms with Crippen molar-refractivity contribution in [3.8, 4) is 22.8 Å². The first-order valence-corrected chi connectivity index (χ1v) is 12.4. The second kappa shape index (κ2) is 10.2. The SMILES string of the molecule is COc1ccc(-c2cc(C(F)(F)F)n3nc(C(=O)OC[C@@H]4CCCN5CCCC[C@H]45)cc3n2)cc1OC. The highest BCUT2D eigenvalue weighted by Crippen LogP contribution is 2.36. The molecule has 11 heteroatoms. The van der Waals surface area contributed by atoms with Crippen molar-refractivity contribution in [3.63, 3.8) is 0 Å². The largest absolute Gasteiger partial charge is 0.493 e. The number of fused-ring (bicyclic) bond motifs is 2. The molecule has 2 aliphatic rings. The number of ether oxygens (including phenoxy) is 3. The minimum absolute atomic E-state index is 0.0557. The van der Waals surface area contributed by atoms with E-state index in [1.54, 1.807) is 18.2 Å². The molecule has 0 saturated carbocycles. The van der Waals surface area contributed by atoms with E-state index in [1.807, 2.05) is 0 Å². The first-order chi connectivity index (χ1) is 17.8. The van der Waals surface area contributed by atoms with Gasteiger partial charge in [-0.3, -0.25) is 4.90 Å². The fraction of sp³-hybridized carbons (Fsp3) is 0.500. The van der Waals surface area contributed by atoms with Crippen molar-refractivity contribution in [1.82, 2.24) is 19.5 Å². The second-order valence-electron chi connectivity index (χ2n) is 9.49. The first kappa shape index (κ1) is 25.3. The number of benzene rings is 1. The van der Waals surface area contributed by atoms with Gasteiger partial charge >= 0.3 is 12.1 Å². The van der Waals surface area contributed by atoms with E-state index >= 15 is 0 Å². The van der Waals surface area contributed by atoms with E-state index in [-0.39, 0.29) is 29.6 Å². The number of nitrogens with zero attached hydrogens (tertiary/aromatic N) is 4. The lowest BCUT2D eigenvalue weighted by Gasteiger charge is -2.44. The van der Waals surface area contributed by atoms with Crippen LogP contribution in [0, 0.1) is 5.92 Å². The fourth-order valence-electron chi connectivity index (χ4n) is 5.45. The molecule has 2 aromatic heterocycles. The first-order valence-electron chi connectivity index (χ1n) is 12.4. The Balaban J connectivity index is 1.42. The molecule has 8 nitrogen and oxygen atoms in total. The summed E-state index contributed by atoms with van der Waals surface area (Å²) in [7, 11) is 2.91. The molecule has 2 saturated heterocycles. The molecule has 37 heavy (non-hydrogen) atoms. The van der Waals surface area contributed by atoms with Crippen LogP contribution in [0.15, 0.2) is 30.3 Å². The summed E-state index contributed by atoms with van der Waals surface area (Å²) in [5.74, 6) is 0.258. The van der Waals surface area contributed by atoms with Gasteiger partial charge in [0.25, 0.3) is 0 Å². The predicted octanol–water partition coefficient (Wildman–Crippen LogP) is 4.85. The highest BCUT2D eigenvalue weighted by atomic mass is 19.4. The van der Waals surface area contributed by atoms with Crippen LogP contribution in [0.4, 0.5) is 13.2 Å². The molecule has 0 aliphatic carbocycles. The number of aromatic nitrogens is 3. The van der Waals surface area contributed by atoms with Gasteiger partial charge in [0.1, 0.15) is 0 Å². The number of hydrogen-bond acceptors (Lipinski definition) is 7. The summed E-state index contributed by atoms with van der Waals surface area (Å²) in [4.78, 5) is 19.6. The van der Waals surface area contributed by atoms with Crippen LogP contribution in [0.1, 0.15) is 48.3 Å². The molecule has 0 N–H and O–H groups in total. The number of piperidine rings is 2. The van der Waals surface area contributed by atoms with Crippen LogP contribution in [0.3, 0.4) is 0 Å². The van der Waals surface area contributed by atoms with Crippen molar-refractivity contribution < 1.29 is 32.2 Å². The number of hydrogen-bond donors (Lipinski definition) is 0. The van der Waals surface area contributed by atoms with E-state index in [0.717, 1.165) is 44.8 Å². The van der Waals surface area contributed by atoms with Crippen LogP contribution < -0.4 is 9.47 Å². The van der Waals surface area contributed by atoms with Crippen molar-refractivity contribution in [2.75, 3.05) is 33.9 Å². The molecule has 5 rings (SSSR count). The summed E-state index contributed by atoms with van der Waals surface area (Å²) in [5, 5.41) is 3.92. The molecule has 2 atom stereocenters. The minimum Gasteiger partial charge on any atom is -0.493 e. The number of methoxy groups -OCH3 is 2. The van der Waals surface area contributed by atoms with Gasteiger partial charge in [-0.15, -0.1) is 0 Å². The van der Waals surface area contributed by atoms with E-state index in [2.05, 4.69) is 15.0 Å². The van der Waals surface area contributed by atoms with Crippen LogP contribution in [-0.2, 0) is 10.9 Å². The van der Waals surface area contributed by atoms with Gasteiger partial charge in [0.2, 0.25) is 0 Å². The monoisotopic (exact) mass is 518 g/mol. The van der Waals surface area contributed by atoms with Gasteiger partial charge in [-0.2, -0.15) is 18.3 Å². The molecule has 0 unspecified atom stereocenters. The van der Waals surface area contributed by atoms with Gasteiger partial charge in [0.15, 0.2) is 28.5 Å². The summed E-state index contributed by atoms with van der Waals surface area (Å²) in [6.45, 7) is 2.36. The van der Waals surface area contributed by atoms with E-state index in [9.17, 15) is 18.0 Å². The topological polar surface area (TPSA) is 78.2 Å². The lowest BCUT2D eigenvalue weighted by Crippen LogP contribution is -2.49. The minimum atomic E-state index is -4.73. The maximum atomic E-state index is 14.0. The zero-order valence-corrected chi connectivity index (χ0v) is 20.8. The maximum absolute atomic E-state index is 14.0. The molecule has 4 heterocycles.